The van der Waals surface area contributed by atoms with Gasteiger partial charge in [0.2, 0.25) is 5.91 Å². The fraction of sp³-hybridized carbons (Fsp3) is 0.636. The summed E-state index contributed by atoms with van der Waals surface area (Å²) in [5.74, 6) is 2.04. The summed E-state index contributed by atoms with van der Waals surface area (Å²) in [5, 5.41) is 6.19. The van der Waals surface area contributed by atoms with Crippen LogP contribution in [0.1, 0.15) is 44.3 Å². The molecule has 2 atom stereocenters. The van der Waals surface area contributed by atoms with E-state index in [2.05, 4.69) is 46.7 Å². The van der Waals surface area contributed by atoms with Crippen LogP contribution >= 0.6 is 0 Å². The summed E-state index contributed by atoms with van der Waals surface area (Å²) in [6, 6.07) is 10.5. The maximum atomic E-state index is 11.6. The molecule has 1 amide bonds. The summed E-state index contributed by atoms with van der Waals surface area (Å²) in [7, 11) is 1.71. The fourth-order valence-electron chi connectivity index (χ4n) is 4.17. The molecule has 2 heterocycles. The van der Waals surface area contributed by atoms with Crippen LogP contribution < -0.4 is 10.6 Å². The van der Waals surface area contributed by atoms with Crippen LogP contribution in [0.5, 0.6) is 0 Å². The standard InChI is InChI=1S/C22H34N4O2/c1-3-24-22(26-12-9-17(10-13-26)15-20(27)23-2)25-16-19-11-14-28-21(19)18-7-5-4-6-8-18/h4-8,17,19,21H,3,9-16H2,1-2H3,(H,23,27)(H,24,25). The van der Waals surface area contributed by atoms with E-state index in [0.29, 0.717) is 18.3 Å². The molecule has 0 aromatic heterocycles. The third-order valence-corrected chi connectivity index (χ3v) is 5.82. The van der Waals surface area contributed by atoms with E-state index in [1.807, 2.05) is 6.07 Å². The molecule has 2 N–H and O–H groups in total. The first-order valence-corrected chi connectivity index (χ1v) is 10.6. The topological polar surface area (TPSA) is 66.0 Å². The Morgan fingerprint density at radius 3 is 2.64 bits per heavy atom. The molecular formula is C22H34N4O2. The Morgan fingerprint density at radius 1 is 1.21 bits per heavy atom. The lowest BCUT2D eigenvalue weighted by atomic mass is 9.93. The van der Waals surface area contributed by atoms with E-state index >= 15 is 0 Å². The Hall–Kier alpha value is -2.08. The Labute approximate surface area is 168 Å². The second kappa shape index (κ2) is 10.5. The van der Waals surface area contributed by atoms with Gasteiger partial charge in [-0.15, -0.1) is 0 Å². The Balaban J connectivity index is 1.58. The summed E-state index contributed by atoms with van der Waals surface area (Å²) in [4.78, 5) is 18.9. The number of hydrogen-bond acceptors (Lipinski definition) is 3. The molecule has 6 heteroatoms. The number of nitrogens with zero attached hydrogens (tertiary/aromatic N) is 2. The first-order valence-electron chi connectivity index (χ1n) is 10.6. The van der Waals surface area contributed by atoms with Crippen molar-refractivity contribution in [1.82, 2.24) is 15.5 Å². The zero-order valence-electron chi connectivity index (χ0n) is 17.2. The van der Waals surface area contributed by atoms with Gasteiger partial charge in [-0.3, -0.25) is 9.79 Å². The number of piperidine rings is 1. The van der Waals surface area contributed by atoms with Gasteiger partial charge in [0, 0.05) is 52.2 Å². The third-order valence-electron chi connectivity index (χ3n) is 5.82. The van der Waals surface area contributed by atoms with Crippen LogP contribution in [0.25, 0.3) is 0 Å². The second-order valence-electron chi connectivity index (χ2n) is 7.75. The highest BCUT2D eigenvalue weighted by atomic mass is 16.5. The minimum absolute atomic E-state index is 0.145. The van der Waals surface area contributed by atoms with Crippen LogP contribution in [0.15, 0.2) is 35.3 Å². The number of carbonyl (C=O) groups excluding carboxylic acids is 1. The molecule has 0 spiro atoms. The van der Waals surface area contributed by atoms with E-state index in [1.54, 1.807) is 7.05 Å². The minimum Gasteiger partial charge on any atom is -0.373 e. The number of aliphatic imine (C=N–C) groups is 1. The quantitative estimate of drug-likeness (QED) is 0.583. The predicted octanol–water partition coefficient (Wildman–Crippen LogP) is 2.58. The number of rotatable bonds is 6. The van der Waals surface area contributed by atoms with Crippen LogP contribution in [0.4, 0.5) is 0 Å². The third kappa shape index (κ3) is 5.47. The number of carbonyl (C=O) groups is 1. The monoisotopic (exact) mass is 386 g/mol. The summed E-state index contributed by atoms with van der Waals surface area (Å²) < 4.78 is 6.01. The first-order chi connectivity index (χ1) is 13.7. The molecule has 2 saturated heterocycles. The normalized spacial score (nSPS) is 23.6. The van der Waals surface area contributed by atoms with Crippen molar-refractivity contribution >= 4 is 11.9 Å². The molecule has 0 radical (unpaired) electrons. The lowest BCUT2D eigenvalue weighted by molar-refractivity contribution is -0.121. The molecule has 0 bridgehead atoms. The van der Waals surface area contributed by atoms with Crippen LogP contribution in [-0.2, 0) is 9.53 Å². The van der Waals surface area contributed by atoms with Crippen molar-refractivity contribution in [2.45, 2.75) is 38.7 Å². The van der Waals surface area contributed by atoms with Crippen molar-refractivity contribution in [2.24, 2.45) is 16.8 Å². The lowest BCUT2D eigenvalue weighted by Gasteiger charge is -2.34. The van der Waals surface area contributed by atoms with Crippen LogP contribution in [-0.4, -0.2) is 56.6 Å². The largest absolute Gasteiger partial charge is 0.373 e. The molecule has 0 saturated carbocycles. The number of likely N-dealkylation sites (tertiary alicyclic amines) is 1. The lowest BCUT2D eigenvalue weighted by Crippen LogP contribution is -2.46. The maximum absolute atomic E-state index is 11.6. The first kappa shape index (κ1) is 20.6. The summed E-state index contributed by atoms with van der Waals surface area (Å²) in [5.41, 5.74) is 1.25. The van der Waals surface area contributed by atoms with Crippen LogP contribution in [0.3, 0.4) is 0 Å². The van der Waals surface area contributed by atoms with E-state index in [1.165, 1.54) is 5.56 Å². The molecule has 3 rings (SSSR count). The van der Waals surface area contributed by atoms with Crippen molar-refractivity contribution in [1.29, 1.82) is 0 Å². The average molecular weight is 387 g/mol. The average Bonchev–Trinajstić information content (AvgIpc) is 3.21. The molecule has 6 nitrogen and oxygen atoms in total. The highest BCUT2D eigenvalue weighted by molar-refractivity contribution is 5.80. The molecule has 154 valence electrons. The number of hydrogen-bond donors (Lipinski definition) is 2. The van der Waals surface area contributed by atoms with E-state index in [9.17, 15) is 4.79 Å². The summed E-state index contributed by atoms with van der Waals surface area (Å²) >= 11 is 0. The molecule has 28 heavy (non-hydrogen) atoms. The Bertz CT molecular complexity index is 641. The van der Waals surface area contributed by atoms with Gasteiger partial charge in [-0.05, 0) is 37.7 Å². The van der Waals surface area contributed by atoms with E-state index in [0.717, 1.165) is 58.0 Å². The van der Waals surface area contributed by atoms with Crippen molar-refractivity contribution in [3.63, 3.8) is 0 Å². The molecule has 2 aliphatic heterocycles. The van der Waals surface area contributed by atoms with Gasteiger partial charge in [0.25, 0.3) is 0 Å². The van der Waals surface area contributed by atoms with Crippen LogP contribution in [0.2, 0.25) is 0 Å². The van der Waals surface area contributed by atoms with Crippen molar-refractivity contribution in [3.8, 4) is 0 Å². The minimum atomic E-state index is 0.145. The van der Waals surface area contributed by atoms with E-state index in [-0.39, 0.29) is 12.0 Å². The molecule has 2 fully saturated rings. The zero-order chi connectivity index (χ0) is 19.8. The SMILES string of the molecule is CCNC(=NCC1CCOC1c1ccccc1)N1CCC(CC(=O)NC)CC1. The molecule has 0 aliphatic carbocycles. The predicted molar refractivity (Wildman–Crippen MR) is 112 cm³/mol. The second-order valence-corrected chi connectivity index (χ2v) is 7.75. The zero-order valence-corrected chi connectivity index (χ0v) is 17.2. The molecule has 1 aromatic rings. The Kier molecular flexibility index (Phi) is 7.71. The van der Waals surface area contributed by atoms with Gasteiger partial charge in [-0.25, -0.2) is 0 Å². The van der Waals surface area contributed by atoms with E-state index in [4.69, 9.17) is 9.73 Å². The van der Waals surface area contributed by atoms with Crippen molar-refractivity contribution < 1.29 is 9.53 Å². The van der Waals surface area contributed by atoms with Crippen molar-refractivity contribution in [2.75, 3.05) is 39.8 Å². The maximum Gasteiger partial charge on any atom is 0.220 e. The fourth-order valence-corrected chi connectivity index (χ4v) is 4.17. The van der Waals surface area contributed by atoms with Gasteiger partial charge in [0.1, 0.15) is 0 Å². The smallest absolute Gasteiger partial charge is 0.220 e. The number of amides is 1. The van der Waals surface area contributed by atoms with Crippen molar-refractivity contribution in [3.05, 3.63) is 35.9 Å². The number of benzene rings is 1. The molecule has 2 aliphatic rings. The van der Waals surface area contributed by atoms with Gasteiger partial charge in [-0.1, -0.05) is 30.3 Å². The summed E-state index contributed by atoms with van der Waals surface area (Å²) in [6.45, 7) is 6.47. The van der Waals surface area contributed by atoms with Gasteiger partial charge < -0.3 is 20.3 Å². The van der Waals surface area contributed by atoms with E-state index < -0.39 is 0 Å². The van der Waals surface area contributed by atoms with Gasteiger partial charge in [0.15, 0.2) is 5.96 Å². The molecular weight excluding hydrogens is 352 g/mol. The highest BCUT2D eigenvalue weighted by Gasteiger charge is 2.30. The van der Waals surface area contributed by atoms with Gasteiger partial charge in [0.05, 0.1) is 6.10 Å². The molecule has 1 aromatic carbocycles. The summed E-state index contributed by atoms with van der Waals surface area (Å²) in [6.07, 6.45) is 3.91. The number of guanidine groups is 1. The van der Waals surface area contributed by atoms with Gasteiger partial charge in [-0.2, -0.15) is 0 Å². The number of nitrogens with one attached hydrogen (secondary N) is 2. The van der Waals surface area contributed by atoms with Crippen LogP contribution in [0, 0.1) is 11.8 Å². The molecule has 2 unspecified atom stereocenters. The number of ether oxygens (including phenoxy) is 1. The highest BCUT2D eigenvalue weighted by Crippen LogP contribution is 2.34. The Morgan fingerprint density at radius 2 is 1.96 bits per heavy atom. The van der Waals surface area contributed by atoms with Gasteiger partial charge >= 0.3 is 0 Å².